The molecule has 1 aliphatic rings. The Bertz CT molecular complexity index is 474. The molecule has 0 aromatic heterocycles. The van der Waals surface area contributed by atoms with Crippen molar-refractivity contribution in [1.82, 2.24) is 5.32 Å². The number of nitrogens with zero attached hydrogens (tertiary/aromatic N) is 1. The van der Waals surface area contributed by atoms with Crippen LogP contribution in [0, 0.1) is 0 Å². The second-order valence-electron chi connectivity index (χ2n) is 3.93. The van der Waals surface area contributed by atoms with Crippen LogP contribution < -0.4 is 10.2 Å². The molecule has 1 aromatic rings. The summed E-state index contributed by atoms with van der Waals surface area (Å²) in [6.45, 7) is 0.741. The number of amides is 2. The summed E-state index contributed by atoms with van der Waals surface area (Å²) in [4.78, 5) is 24.5. The first-order valence-corrected chi connectivity index (χ1v) is 5.89. The molecule has 1 N–H and O–H groups in total. The lowest BCUT2D eigenvalue weighted by atomic mass is 10.1. The molecule has 0 aliphatic carbocycles. The molecule has 0 radical (unpaired) electrons. The number of fused-ring (bicyclic) bond motifs is 1. The van der Waals surface area contributed by atoms with Gasteiger partial charge in [0, 0.05) is 6.54 Å². The number of carbonyl (C=O) groups excluding carboxylic acids is 2. The molecule has 0 saturated carbocycles. The number of imide groups is 1. The summed E-state index contributed by atoms with van der Waals surface area (Å²) in [6.07, 6.45) is 0.273. The Morgan fingerprint density at radius 1 is 1.53 bits per heavy atom. The largest absolute Gasteiger partial charge is 0.316 e. The third-order valence-corrected chi connectivity index (χ3v) is 2.95. The Morgan fingerprint density at radius 2 is 2.29 bits per heavy atom. The highest BCUT2D eigenvalue weighted by Crippen LogP contribution is 2.30. The van der Waals surface area contributed by atoms with E-state index in [2.05, 4.69) is 5.32 Å². The van der Waals surface area contributed by atoms with Crippen LogP contribution in [-0.4, -0.2) is 24.7 Å². The van der Waals surface area contributed by atoms with Crippen molar-refractivity contribution >= 4 is 29.1 Å². The van der Waals surface area contributed by atoms with Gasteiger partial charge in [0.15, 0.2) is 0 Å². The van der Waals surface area contributed by atoms with Crippen molar-refractivity contribution in [2.24, 2.45) is 0 Å². The molecule has 0 unspecified atom stereocenters. The molecular formula is C12H13ClN2O2. The van der Waals surface area contributed by atoms with Crippen molar-refractivity contribution in [2.75, 3.05) is 17.8 Å². The molecule has 1 aromatic carbocycles. The van der Waals surface area contributed by atoms with Gasteiger partial charge in [0.2, 0.25) is 11.8 Å². The summed E-state index contributed by atoms with van der Waals surface area (Å²) in [5, 5.41) is 3.04. The van der Waals surface area contributed by atoms with Gasteiger partial charge in [-0.1, -0.05) is 12.1 Å². The molecule has 17 heavy (non-hydrogen) atoms. The lowest BCUT2D eigenvalue weighted by Gasteiger charge is -2.14. The summed E-state index contributed by atoms with van der Waals surface area (Å²) in [5.41, 5.74) is 2.65. The Labute approximate surface area is 105 Å². The minimum absolute atomic E-state index is 0.177. The first kappa shape index (κ1) is 12.1. The smallest absolute Gasteiger partial charge is 0.248 e. The van der Waals surface area contributed by atoms with E-state index < -0.39 is 0 Å². The van der Waals surface area contributed by atoms with Gasteiger partial charge >= 0.3 is 0 Å². The summed E-state index contributed by atoms with van der Waals surface area (Å²) in [5.74, 6) is -0.743. The zero-order valence-corrected chi connectivity index (χ0v) is 10.3. The number of alkyl halides is 1. The molecule has 1 aliphatic heterocycles. The van der Waals surface area contributed by atoms with Gasteiger partial charge in [-0.3, -0.25) is 9.59 Å². The number of halogens is 1. The molecule has 0 fully saturated rings. The maximum absolute atomic E-state index is 11.7. The number of rotatable bonds is 3. The van der Waals surface area contributed by atoms with E-state index in [1.807, 2.05) is 19.2 Å². The fraction of sp³-hybridized carbons (Fsp3) is 0.333. The minimum Gasteiger partial charge on any atom is -0.316 e. The van der Waals surface area contributed by atoms with Gasteiger partial charge in [-0.25, -0.2) is 4.90 Å². The lowest BCUT2D eigenvalue weighted by molar-refractivity contribution is -0.124. The number of hydrogen-bond donors (Lipinski definition) is 1. The van der Waals surface area contributed by atoms with Crippen molar-refractivity contribution < 1.29 is 9.59 Å². The molecule has 1 heterocycles. The van der Waals surface area contributed by atoms with Crippen LogP contribution in [0.1, 0.15) is 11.1 Å². The molecule has 2 rings (SSSR count). The molecule has 0 bridgehead atoms. The third-order valence-electron chi connectivity index (χ3n) is 2.72. The van der Waals surface area contributed by atoms with E-state index >= 15 is 0 Å². The van der Waals surface area contributed by atoms with Crippen LogP contribution >= 0.6 is 11.6 Å². The Kier molecular flexibility index (Phi) is 3.45. The Hall–Kier alpha value is -1.39. The maximum Gasteiger partial charge on any atom is 0.248 e. The van der Waals surface area contributed by atoms with Gasteiger partial charge in [0.05, 0.1) is 12.1 Å². The highest BCUT2D eigenvalue weighted by molar-refractivity contribution is 6.33. The van der Waals surface area contributed by atoms with Gasteiger partial charge in [-0.2, -0.15) is 0 Å². The molecule has 90 valence electrons. The van der Waals surface area contributed by atoms with Gasteiger partial charge < -0.3 is 5.32 Å². The molecule has 5 heteroatoms. The summed E-state index contributed by atoms with van der Waals surface area (Å²) in [7, 11) is 1.86. The van der Waals surface area contributed by atoms with Crippen molar-refractivity contribution in [3.63, 3.8) is 0 Å². The standard InChI is InChI=1S/C12H13ClN2O2/c1-14-7-8-2-3-10-9(4-8)5-11(16)15(10)12(17)6-13/h2-4,14H,5-7H2,1H3. The topological polar surface area (TPSA) is 49.4 Å². The van der Waals surface area contributed by atoms with Crippen molar-refractivity contribution in [3.05, 3.63) is 29.3 Å². The molecule has 2 amide bonds. The summed E-state index contributed by atoms with van der Waals surface area (Å²) < 4.78 is 0. The van der Waals surface area contributed by atoms with Gasteiger partial charge in [0.1, 0.15) is 5.88 Å². The van der Waals surface area contributed by atoms with Crippen molar-refractivity contribution in [3.8, 4) is 0 Å². The zero-order valence-electron chi connectivity index (χ0n) is 9.50. The first-order chi connectivity index (χ1) is 8.17. The molecular weight excluding hydrogens is 240 g/mol. The van der Waals surface area contributed by atoms with E-state index in [4.69, 9.17) is 11.6 Å². The quantitative estimate of drug-likeness (QED) is 0.819. The molecule has 0 atom stereocenters. The second-order valence-corrected chi connectivity index (χ2v) is 4.19. The van der Waals surface area contributed by atoms with E-state index in [9.17, 15) is 9.59 Å². The SMILES string of the molecule is CNCc1ccc2c(c1)CC(=O)N2C(=O)CCl. The zero-order chi connectivity index (χ0) is 12.4. The predicted octanol–water partition coefficient (Wildman–Crippen LogP) is 1.06. The Balaban J connectivity index is 2.35. The van der Waals surface area contributed by atoms with Crippen LogP contribution in [0.2, 0.25) is 0 Å². The average Bonchev–Trinajstić information content (AvgIpc) is 2.64. The van der Waals surface area contributed by atoms with E-state index in [1.54, 1.807) is 6.07 Å². The van der Waals surface area contributed by atoms with Crippen LogP contribution in [0.4, 0.5) is 5.69 Å². The maximum atomic E-state index is 11.7. The average molecular weight is 253 g/mol. The van der Waals surface area contributed by atoms with Gasteiger partial charge in [-0.15, -0.1) is 11.6 Å². The summed E-state index contributed by atoms with van der Waals surface area (Å²) >= 11 is 5.49. The van der Waals surface area contributed by atoms with Crippen LogP contribution in [0.3, 0.4) is 0 Å². The van der Waals surface area contributed by atoms with Crippen LogP contribution in [0.5, 0.6) is 0 Å². The fourth-order valence-electron chi connectivity index (χ4n) is 2.02. The fourth-order valence-corrected chi connectivity index (χ4v) is 2.14. The van der Waals surface area contributed by atoms with E-state index in [-0.39, 0.29) is 24.1 Å². The third kappa shape index (κ3) is 2.18. The van der Waals surface area contributed by atoms with Gasteiger partial charge in [0.25, 0.3) is 0 Å². The van der Waals surface area contributed by atoms with Crippen LogP contribution in [0.25, 0.3) is 0 Å². The predicted molar refractivity (Wildman–Crippen MR) is 66.1 cm³/mol. The number of benzene rings is 1. The van der Waals surface area contributed by atoms with E-state index in [0.717, 1.165) is 17.7 Å². The van der Waals surface area contributed by atoms with Crippen molar-refractivity contribution in [1.29, 1.82) is 0 Å². The summed E-state index contributed by atoms with van der Waals surface area (Å²) in [6, 6.07) is 5.66. The second kappa shape index (κ2) is 4.85. The number of anilines is 1. The first-order valence-electron chi connectivity index (χ1n) is 5.35. The normalized spacial score (nSPS) is 14.0. The van der Waals surface area contributed by atoms with Crippen LogP contribution in [0.15, 0.2) is 18.2 Å². The van der Waals surface area contributed by atoms with E-state index in [0.29, 0.717) is 5.69 Å². The molecule has 0 saturated heterocycles. The Morgan fingerprint density at radius 3 is 2.94 bits per heavy atom. The number of nitrogens with one attached hydrogen (secondary N) is 1. The van der Waals surface area contributed by atoms with Gasteiger partial charge in [-0.05, 0) is 24.2 Å². The number of hydrogen-bond acceptors (Lipinski definition) is 3. The van der Waals surface area contributed by atoms with E-state index in [1.165, 1.54) is 4.90 Å². The van der Waals surface area contributed by atoms with Crippen molar-refractivity contribution in [2.45, 2.75) is 13.0 Å². The highest BCUT2D eigenvalue weighted by atomic mass is 35.5. The highest BCUT2D eigenvalue weighted by Gasteiger charge is 2.31. The lowest BCUT2D eigenvalue weighted by Crippen LogP contribution is -2.34. The van der Waals surface area contributed by atoms with Crippen LogP contribution in [-0.2, 0) is 22.6 Å². The monoisotopic (exact) mass is 252 g/mol. The molecule has 0 spiro atoms. The number of carbonyl (C=O) groups is 2. The minimum atomic E-state index is -0.364. The molecule has 4 nitrogen and oxygen atoms in total.